The molecule has 0 unspecified atom stereocenters. The van der Waals surface area contributed by atoms with Gasteiger partial charge in [0.25, 0.3) is 0 Å². The van der Waals surface area contributed by atoms with Crippen LogP contribution < -0.4 is 5.73 Å². The average molecular weight is 226 g/mol. The number of rotatable bonds is 2. The van der Waals surface area contributed by atoms with Gasteiger partial charge in [-0.05, 0) is 23.6 Å². The van der Waals surface area contributed by atoms with E-state index in [-0.39, 0.29) is 11.2 Å². The van der Waals surface area contributed by atoms with Crippen LogP contribution in [0, 0.1) is 5.41 Å². The molecule has 82 valence electrons. The largest absolute Gasteiger partial charge is 0.399 e. The first-order chi connectivity index (χ1) is 6.79. The van der Waals surface area contributed by atoms with Crippen LogP contribution in [0.1, 0.15) is 37.6 Å². The molecular weight excluding hydrogens is 210 g/mol. The third-order valence-corrected chi connectivity index (χ3v) is 2.30. The first kappa shape index (κ1) is 12.1. The van der Waals surface area contributed by atoms with Gasteiger partial charge in [0.2, 0.25) is 0 Å². The van der Waals surface area contributed by atoms with Gasteiger partial charge in [-0.15, -0.1) is 0 Å². The van der Waals surface area contributed by atoms with Gasteiger partial charge in [-0.25, -0.2) is 0 Å². The summed E-state index contributed by atoms with van der Waals surface area (Å²) in [6.07, 6.45) is 0.483. The summed E-state index contributed by atoms with van der Waals surface area (Å²) in [5.74, 6) is 0.0625. The first-order valence-electron chi connectivity index (χ1n) is 4.88. The molecule has 0 aromatic heterocycles. The summed E-state index contributed by atoms with van der Waals surface area (Å²) in [5.41, 5.74) is 6.67. The standard InChI is InChI=1S/C12H16ClNO/c1-12(2,3)7-11(15)9-5-4-8(14)6-10(9)13/h4-6H,7,14H2,1-3H3. The second kappa shape index (κ2) is 4.23. The van der Waals surface area contributed by atoms with Crippen LogP contribution in [0.3, 0.4) is 0 Å². The van der Waals surface area contributed by atoms with Crippen LogP contribution in [0.4, 0.5) is 5.69 Å². The van der Waals surface area contributed by atoms with Crippen LogP contribution in [0.25, 0.3) is 0 Å². The lowest BCUT2D eigenvalue weighted by Crippen LogP contribution is -2.13. The number of nitrogen functional groups attached to an aromatic ring is 1. The molecule has 0 amide bonds. The number of anilines is 1. The molecule has 0 fully saturated rings. The smallest absolute Gasteiger partial charge is 0.164 e. The Kier molecular flexibility index (Phi) is 3.40. The van der Waals surface area contributed by atoms with Crippen molar-refractivity contribution in [1.82, 2.24) is 0 Å². The molecule has 0 bridgehead atoms. The van der Waals surface area contributed by atoms with Crippen molar-refractivity contribution in [2.45, 2.75) is 27.2 Å². The Morgan fingerprint density at radius 2 is 2.00 bits per heavy atom. The van der Waals surface area contributed by atoms with E-state index in [0.717, 1.165) is 0 Å². The molecule has 0 aliphatic rings. The topological polar surface area (TPSA) is 43.1 Å². The van der Waals surface area contributed by atoms with Gasteiger partial charge in [-0.2, -0.15) is 0 Å². The number of benzene rings is 1. The molecule has 0 aliphatic heterocycles. The lowest BCUT2D eigenvalue weighted by atomic mass is 9.88. The number of nitrogens with two attached hydrogens (primary N) is 1. The Morgan fingerprint density at radius 1 is 1.40 bits per heavy atom. The van der Waals surface area contributed by atoms with Gasteiger partial charge in [-0.3, -0.25) is 4.79 Å². The van der Waals surface area contributed by atoms with Crippen molar-refractivity contribution in [2.75, 3.05) is 5.73 Å². The number of hydrogen-bond acceptors (Lipinski definition) is 2. The molecule has 3 heteroatoms. The second-order valence-electron chi connectivity index (χ2n) is 4.90. The van der Waals surface area contributed by atoms with Gasteiger partial charge in [-0.1, -0.05) is 32.4 Å². The zero-order valence-corrected chi connectivity index (χ0v) is 10.1. The zero-order chi connectivity index (χ0) is 11.6. The van der Waals surface area contributed by atoms with Crippen molar-refractivity contribution in [2.24, 2.45) is 5.41 Å². The average Bonchev–Trinajstić information content (AvgIpc) is 1.99. The number of carbonyl (C=O) groups excluding carboxylic acids is 1. The molecule has 15 heavy (non-hydrogen) atoms. The molecule has 0 heterocycles. The summed E-state index contributed by atoms with van der Waals surface area (Å²) in [4.78, 5) is 11.9. The number of halogens is 1. The highest BCUT2D eigenvalue weighted by Crippen LogP contribution is 2.26. The minimum Gasteiger partial charge on any atom is -0.399 e. The van der Waals surface area contributed by atoms with Gasteiger partial charge < -0.3 is 5.73 Å². The van der Waals surface area contributed by atoms with Gasteiger partial charge in [0.15, 0.2) is 5.78 Å². The maximum absolute atomic E-state index is 11.9. The van der Waals surface area contributed by atoms with Crippen molar-refractivity contribution in [3.05, 3.63) is 28.8 Å². The van der Waals surface area contributed by atoms with Crippen molar-refractivity contribution >= 4 is 23.1 Å². The summed E-state index contributed by atoms with van der Waals surface area (Å²) in [5, 5.41) is 0.434. The van der Waals surface area contributed by atoms with E-state index >= 15 is 0 Å². The van der Waals surface area contributed by atoms with E-state index in [4.69, 9.17) is 17.3 Å². The zero-order valence-electron chi connectivity index (χ0n) is 9.30. The predicted octanol–water partition coefficient (Wildman–Crippen LogP) is 3.54. The highest BCUT2D eigenvalue weighted by molar-refractivity contribution is 6.34. The van der Waals surface area contributed by atoms with Crippen LogP contribution in [0.2, 0.25) is 5.02 Å². The van der Waals surface area contributed by atoms with Gasteiger partial charge in [0.1, 0.15) is 0 Å². The molecule has 0 saturated carbocycles. The molecule has 2 N–H and O–H groups in total. The van der Waals surface area contributed by atoms with E-state index in [0.29, 0.717) is 22.7 Å². The van der Waals surface area contributed by atoms with Crippen LogP contribution in [-0.2, 0) is 0 Å². The minimum absolute atomic E-state index is 0.0260. The molecule has 0 radical (unpaired) electrons. The third-order valence-electron chi connectivity index (χ3n) is 1.98. The minimum atomic E-state index is -0.0260. The van der Waals surface area contributed by atoms with Gasteiger partial charge in [0.05, 0.1) is 5.02 Å². The lowest BCUT2D eigenvalue weighted by molar-refractivity contribution is 0.0940. The summed E-state index contributed by atoms with van der Waals surface area (Å²) in [7, 11) is 0. The van der Waals surface area contributed by atoms with Crippen molar-refractivity contribution in [3.63, 3.8) is 0 Å². The molecule has 0 spiro atoms. The van der Waals surface area contributed by atoms with Gasteiger partial charge >= 0.3 is 0 Å². The molecule has 0 aliphatic carbocycles. The fraction of sp³-hybridized carbons (Fsp3) is 0.417. The summed E-state index contributed by atoms with van der Waals surface area (Å²) >= 11 is 5.95. The molecule has 0 saturated heterocycles. The summed E-state index contributed by atoms with van der Waals surface area (Å²) < 4.78 is 0. The van der Waals surface area contributed by atoms with Gasteiger partial charge in [0, 0.05) is 17.7 Å². The van der Waals surface area contributed by atoms with E-state index in [1.54, 1.807) is 18.2 Å². The molecule has 1 aromatic carbocycles. The number of hydrogen-bond donors (Lipinski definition) is 1. The second-order valence-corrected chi connectivity index (χ2v) is 5.31. The van der Waals surface area contributed by atoms with Crippen molar-refractivity contribution in [3.8, 4) is 0 Å². The van der Waals surface area contributed by atoms with E-state index in [1.807, 2.05) is 20.8 Å². The van der Waals surface area contributed by atoms with Crippen LogP contribution in [0.5, 0.6) is 0 Å². The number of ketones is 1. The molecule has 2 nitrogen and oxygen atoms in total. The Morgan fingerprint density at radius 3 is 2.47 bits per heavy atom. The summed E-state index contributed by atoms with van der Waals surface area (Å²) in [6.45, 7) is 6.07. The monoisotopic (exact) mass is 225 g/mol. The highest BCUT2D eigenvalue weighted by atomic mass is 35.5. The third kappa shape index (κ3) is 3.56. The predicted molar refractivity (Wildman–Crippen MR) is 64.3 cm³/mol. The Hall–Kier alpha value is -1.02. The van der Waals surface area contributed by atoms with Crippen molar-refractivity contribution < 1.29 is 4.79 Å². The van der Waals surface area contributed by atoms with Crippen molar-refractivity contribution in [1.29, 1.82) is 0 Å². The Balaban J connectivity index is 2.92. The molecular formula is C12H16ClNO. The van der Waals surface area contributed by atoms with Crippen LogP contribution in [0.15, 0.2) is 18.2 Å². The Labute approximate surface area is 95.4 Å². The summed E-state index contributed by atoms with van der Waals surface area (Å²) in [6, 6.07) is 4.99. The van der Waals surface area contributed by atoms with E-state index in [1.165, 1.54) is 0 Å². The normalized spacial score (nSPS) is 11.5. The fourth-order valence-electron chi connectivity index (χ4n) is 1.33. The first-order valence-corrected chi connectivity index (χ1v) is 5.25. The number of Topliss-reactive ketones (excluding diaryl/α,β-unsaturated/α-hetero) is 1. The van der Waals surface area contributed by atoms with Crippen LogP contribution in [-0.4, -0.2) is 5.78 Å². The molecule has 1 aromatic rings. The molecule has 1 rings (SSSR count). The fourth-order valence-corrected chi connectivity index (χ4v) is 1.63. The number of carbonyl (C=O) groups is 1. The van der Waals surface area contributed by atoms with E-state index in [2.05, 4.69) is 0 Å². The van der Waals surface area contributed by atoms with E-state index in [9.17, 15) is 4.79 Å². The van der Waals surface area contributed by atoms with E-state index < -0.39 is 0 Å². The maximum Gasteiger partial charge on any atom is 0.164 e. The quantitative estimate of drug-likeness (QED) is 0.618. The molecule has 0 atom stereocenters. The SMILES string of the molecule is CC(C)(C)CC(=O)c1ccc(N)cc1Cl. The Bertz CT molecular complexity index is 380. The lowest BCUT2D eigenvalue weighted by Gasteiger charge is -2.17. The van der Waals surface area contributed by atoms with Crippen LogP contribution >= 0.6 is 11.6 Å². The highest BCUT2D eigenvalue weighted by Gasteiger charge is 2.19. The maximum atomic E-state index is 11.9.